The van der Waals surface area contributed by atoms with Crippen LogP contribution in [0, 0.1) is 11.8 Å². The number of carbonyl (C=O) groups excluding carboxylic acids is 2. The SMILES string of the molecule is CCCC[C@@H](C)C[C@@H](CC)C(=O)N1C(=O)O[C@@H](c2ccccc2)[C@H]1C. The molecule has 0 radical (unpaired) electrons. The van der Waals surface area contributed by atoms with Gasteiger partial charge in [0.15, 0.2) is 0 Å². The Morgan fingerprint density at radius 2 is 1.92 bits per heavy atom. The van der Waals surface area contributed by atoms with E-state index in [-0.39, 0.29) is 24.0 Å². The van der Waals surface area contributed by atoms with Crippen molar-refractivity contribution in [3.8, 4) is 0 Å². The summed E-state index contributed by atoms with van der Waals surface area (Å²) in [6.07, 6.45) is 4.18. The Bertz CT molecular complexity index is 572. The summed E-state index contributed by atoms with van der Waals surface area (Å²) in [7, 11) is 0. The van der Waals surface area contributed by atoms with Crippen LogP contribution in [0.3, 0.4) is 0 Å². The maximum atomic E-state index is 13.0. The van der Waals surface area contributed by atoms with Gasteiger partial charge in [-0.2, -0.15) is 0 Å². The summed E-state index contributed by atoms with van der Waals surface area (Å²) < 4.78 is 5.52. The topological polar surface area (TPSA) is 46.6 Å². The summed E-state index contributed by atoms with van der Waals surface area (Å²) >= 11 is 0. The summed E-state index contributed by atoms with van der Waals surface area (Å²) in [6, 6.07) is 9.37. The maximum absolute atomic E-state index is 13.0. The zero-order valence-corrected chi connectivity index (χ0v) is 15.9. The van der Waals surface area contributed by atoms with Crippen molar-refractivity contribution in [3.63, 3.8) is 0 Å². The number of ether oxygens (including phenoxy) is 1. The minimum absolute atomic E-state index is 0.0817. The first-order valence-electron chi connectivity index (χ1n) is 9.58. The number of unbranched alkanes of at least 4 members (excludes halogenated alkanes) is 1. The lowest BCUT2D eigenvalue weighted by molar-refractivity contribution is -0.134. The molecule has 1 aromatic rings. The molecule has 0 N–H and O–H groups in total. The second-order valence-electron chi connectivity index (χ2n) is 7.25. The van der Waals surface area contributed by atoms with Crippen molar-refractivity contribution in [2.24, 2.45) is 11.8 Å². The highest BCUT2D eigenvalue weighted by molar-refractivity contribution is 5.95. The van der Waals surface area contributed by atoms with Gasteiger partial charge < -0.3 is 4.74 Å². The average Bonchev–Trinajstić information content (AvgIpc) is 2.92. The van der Waals surface area contributed by atoms with Crippen LogP contribution in [0.1, 0.15) is 71.5 Å². The lowest BCUT2D eigenvalue weighted by Gasteiger charge is -2.25. The van der Waals surface area contributed by atoms with E-state index in [0.29, 0.717) is 5.92 Å². The van der Waals surface area contributed by atoms with Gasteiger partial charge in [-0.05, 0) is 31.2 Å². The molecule has 1 fully saturated rings. The molecule has 4 atom stereocenters. The van der Waals surface area contributed by atoms with Gasteiger partial charge in [0, 0.05) is 5.92 Å². The molecule has 4 heteroatoms. The number of hydrogen-bond acceptors (Lipinski definition) is 3. The van der Waals surface area contributed by atoms with Gasteiger partial charge >= 0.3 is 6.09 Å². The minimum Gasteiger partial charge on any atom is -0.439 e. The Morgan fingerprint density at radius 1 is 1.24 bits per heavy atom. The lowest BCUT2D eigenvalue weighted by Crippen LogP contribution is -2.42. The molecule has 0 saturated carbocycles. The molecule has 138 valence electrons. The highest BCUT2D eigenvalue weighted by atomic mass is 16.6. The molecule has 1 aromatic carbocycles. The largest absolute Gasteiger partial charge is 0.439 e. The summed E-state index contributed by atoms with van der Waals surface area (Å²) in [4.78, 5) is 26.7. The lowest BCUT2D eigenvalue weighted by atomic mass is 9.89. The first-order chi connectivity index (χ1) is 12.0. The molecule has 4 nitrogen and oxygen atoms in total. The van der Waals surface area contributed by atoms with E-state index in [1.807, 2.05) is 44.2 Å². The highest BCUT2D eigenvalue weighted by Gasteiger charge is 2.44. The van der Waals surface area contributed by atoms with E-state index in [9.17, 15) is 9.59 Å². The number of benzene rings is 1. The average molecular weight is 345 g/mol. The number of hydrogen-bond donors (Lipinski definition) is 0. The predicted octanol–water partition coefficient (Wildman–Crippen LogP) is 5.34. The minimum atomic E-state index is -0.508. The summed E-state index contributed by atoms with van der Waals surface area (Å²) in [6.45, 7) is 8.30. The summed E-state index contributed by atoms with van der Waals surface area (Å²) in [5, 5.41) is 0. The smallest absolute Gasteiger partial charge is 0.417 e. The van der Waals surface area contributed by atoms with Crippen molar-refractivity contribution in [2.45, 2.75) is 71.9 Å². The second kappa shape index (κ2) is 9.02. The van der Waals surface area contributed by atoms with Gasteiger partial charge in [-0.1, -0.05) is 70.4 Å². The van der Waals surface area contributed by atoms with Crippen LogP contribution in [0.2, 0.25) is 0 Å². The standard InChI is InChI=1S/C21H31NO3/c1-5-7-11-15(3)14-17(6-2)20(23)22-16(4)19(25-21(22)24)18-12-9-8-10-13-18/h8-10,12-13,15-17,19H,5-7,11,14H2,1-4H3/t15-,16-,17-,19-/m1/s1. The summed E-state index contributed by atoms with van der Waals surface area (Å²) in [5.74, 6) is 0.297. The Kier molecular flexibility index (Phi) is 7.03. The van der Waals surface area contributed by atoms with Crippen molar-refractivity contribution in [1.29, 1.82) is 0 Å². The van der Waals surface area contributed by atoms with E-state index >= 15 is 0 Å². The molecule has 1 aliphatic rings. The second-order valence-corrected chi connectivity index (χ2v) is 7.25. The van der Waals surface area contributed by atoms with Crippen LogP contribution in [0.4, 0.5) is 4.79 Å². The molecule has 2 amide bonds. The Morgan fingerprint density at radius 3 is 2.52 bits per heavy atom. The van der Waals surface area contributed by atoms with E-state index < -0.39 is 6.09 Å². The molecule has 1 saturated heterocycles. The summed E-state index contributed by atoms with van der Waals surface area (Å²) in [5.41, 5.74) is 0.933. The third-order valence-electron chi connectivity index (χ3n) is 5.21. The van der Waals surface area contributed by atoms with Crippen molar-refractivity contribution >= 4 is 12.0 Å². The molecule has 0 spiro atoms. The van der Waals surface area contributed by atoms with Crippen LogP contribution >= 0.6 is 0 Å². The van der Waals surface area contributed by atoms with E-state index in [1.165, 1.54) is 17.7 Å². The fourth-order valence-electron chi connectivity index (χ4n) is 3.64. The molecule has 2 rings (SSSR count). The molecular weight excluding hydrogens is 314 g/mol. The monoisotopic (exact) mass is 345 g/mol. The van der Waals surface area contributed by atoms with Crippen molar-refractivity contribution in [1.82, 2.24) is 4.90 Å². The van der Waals surface area contributed by atoms with Crippen molar-refractivity contribution < 1.29 is 14.3 Å². The fourth-order valence-corrected chi connectivity index (χ4v) is 3.64. The van der Waals surface area contributed by atoms with Crippen LogP contribution in [-0.2, 0) is 9.53 Å². The molecule has 25 heavy (non-hydrogen) atoms. The first kappa shape index (κ1) is 19.5. The zero-order valence-electron chi connectivity index (χ0n) is 15.9. The normalized spacial score (nSPS) is 22.6. The Hall–Kier alpha value is -1.84. The van der Waals surface area contributed by atoms with Gasteiger partial charge in [-0.25, -0.2) is 9.69 Å². The number of rotatable bonds is 8. The zero-order chi connectivity index (χ0) is 18.4. The predicted molar refractivity (Wildman–Crippen MR) is 99.1 cm³/mol. The van der Waals surface area contributed by atoms with E-state index in [2.05, 4.69) is 13.8 Å². The molecule has 0 aromatic heterocycles. The maximum Gasteiger partial charge on any atom is 0.417 e. The van der Waals surface area contributed by atoms with Gasteiger partial charge in [0.2, 0.25) is 5.91 Å². The molecule has 0 aliphatic carbocycles. The van der Waals surface area contributed by atoms with Crippen LogP contribution in [0.15, 0.2) is 30.3 Å². The van der Waals surface area contributed by atoms with Gasteiger partial charge in [-0.3, -0.25) is 4.79 Å². The molecular formula is C21H31NO3. The number of imide groups is 1. The van der Waals surface area contributed by atoms with Crippen LogP contribution in [0.25, 0.3) is 0 Å². The molecule has 1 aliphatic heterocycles. The Balaban J connectivity index is 2.07. The van der Waals surface area contributed by atoms with Gasteiger partial charge in [0.05, 0.1) is 6.04 Å². The van der Waals surface area contributed by atoms with Crippen LogP contribution in [-0.4, -0.2) is 22.9 Å². The van der Waals surface area contributed by atoms with E-state index in [4.69, 9.17) is 4.74 Å². The molecule has 0 unspecified atom stereocenters. The van der Waals surface area contributed by atoms with Gasteiger partial charge in [-0.15, -0.1) is 0 Å². The third kappa shape index (κ3) is 4.62. The Labute approximate surface area is 151 Å². The number of amides is 2. The molecule has 0 bridgehead atoms. The van der Waals surface area contributed by atoms with Crippen LogP contribution < -0.4 is 0 Å². The third-order valence-corrected chi connectivity index (χ3v) is 5.21. The first-order valence-corrected chi connectivity index (χ1v) is 9.58. The fraction of sp³-hybridized carbons (Fsp3) is 0.619. The van der Waals surface area contributed by atoms with Crippen LogP contribution in [0.5, 0.6) is 0 Å². The van der Waals surface area contributed by atoms with Gasteiger partial charge in [0.25, 0.3) is 0 Å². The highest BCUT2D eigenvalue weighted by Crippen LogP contribution is 2.34. The number of nitrogens with zero attached hydrogens (tertiary/aromatic N) is 1. The number of cyclic esters (lactones) is 1. The van der Waals surface area contributed by atoms with E-state index in [1.54, 1.807) is 0 Å². The van der Waals surface area contributed by atoms with Gasteiger partial charge in [0.1, 0.15) is 6.10 Å². The van der Waals surface area contributed by atoms with Crippen molar-refractivity contribution in [2.75, 3.05) is 0 Å². The molecule has 1 heterocycles. The van der Waals surface area contributed by atoms with E-state index in [0.717, 1.165) is 24.8 Å². The quantitative estimate of drug-likeness (QED) is 0.639. The van der Waals surface area contributed by atoms with Crippen molar-refractivity contribution in [3.05, 3.63) is 35.9 Å². The number of carbonyl (C=O) groups is 2.